The summed E-state index contributed by atoms with van der Waals surface area (Å²) in [5.74, 6) is 1.38. The summed E-state index contributed by atoms with van der Waals surface area (Å²) >= 11 is 5.70. The van der Waals surface area contributed by atoms with Gasteiger partial charge in [-0.3, -0.25) is 0 Å². The van der Waals surface area contributed by atoms with Gasteiger partial charge in [0.15, 0.2) is 0 Å². The zero-order valence-corrected chi connectivity index (χ0v) is 6.77. The highest BCUT2D eigenvalue weighted by molar-refractivity contribution is 6.18. The molecule has 0 unspecified atom stereocenters. The van der Waals surface area contributed by atoms with Crippen molar-refractivity contribution in [3.05, 3.63) is 0 Å². The molecular formula is C8H12ClN. The Morgan fingerprint density at radius 3 is 2.60 bits per heavy atom. The van der Waals surface area contributed by atoms with Crippen molar-refractivity contribution in [2.45, 2.75) is 25.7 Å². The molecule has 10 heavy (non-hydrogen) atoms. The maximum atomic E-state index is 8.68. The Kier molecular flexibility index (Phi) is 3.02. The van der Waals surface area contributed by atoms with E-state index in [0.29, 0.717) is 11.8 Å². The number of nitriles is 1. The molecule has 1 aliphatic rings. The number of hydrogen-bond donors (Lipinski definition) is 0. The monoisotopic (exact) mass is 157 g/mol. The first-order valence-corrected chi connectivity index (χ1v) is 4.37. The van der Waals surface area contributed by atoms with Gasteiger partial charge < -0.3 is 0 Å². The molecule has 0 spiro atoms. The molecular weight excluding hydrogens is 146 g/mol. The molecule has 2 atom stereocenters. The second kappa shape index (κ2) is 3.83. The number of hydrogen-bond acceptors (Lipinski definition) is 1. The summed E-state index contributed by atoms with van der Waals surface area (Å²) in [5.41, 5.74) is 0. The van der Waals surface area contributed by atoms with E-state index in [1.165, 1.54) is 12.8 Å². The van der Waals surface area contributed by atoms with Gasteiger partial charge in [0.25, 0.3) is 0 Å². The smallest absolute Gasteiger partial charge is 0.0659 e. The second-order valence-electron chi connectivity index (χ2n) is 2.93. The summed E-state index contributed by atoms with van der Waals surface area (Å²) in [6, 6.07) is 2.32. The average molecular weight is 158 g/mol. The highest BCUT2D eigenvalue weighted by Crippen LogP contribution is 2.29. The SMILES string of the molecule is N#C[C@@H]1CCCC[C@H]1CCl. The third kappa shape index (κ3) is 1.64. The van der Waals surface area contributed by atoms with E-state index in [0.717, 1.165) is 12.8 Å². The molecule has 56 valence electrons. The van der Waals surface area contributed by atoms with Crippen molar-refractivity contribution < 1.29 is 0 Å². The van der Waals surface area contributed by atoms with Crippen molar-refractivity contribution in [1.82, 2.24) is 0 Å². The van der Waals surface area contributed by atoms with E-state index in [2.05, 4.69) is 6.07 Å². The Hall–Kier alpha value is -0.220. The third-order valence-corrected chi connectivity index (χ3v) is 2.67. The van der Waals surface area contributed by atoms with Crippen molar-refractivity contribution in [3.63, 3.8) is 0 Å². The van der Waals surface area contributed by atoms with Gasteiger partial charge in [-0.05, 0) is 18.8 Å². The highest BCUT2D eigenvalue weighted by atomic mass is 35.5. The van der Waals surface area contributed by atoms with Gasteiger partial charge in [0.05, 0.1) is 12.0 Å². The van der Waals surface area contributed by atoms with Crippen LogP contribution in [0.1, 0.15) is 25.7 Å². The molecule has 0 aromatic heterocycles. The lowest BCUT2D eigenvalue weighted by Crippen LogP contribution is -2.19. The fourth-order valence-electron chi connectivity index (χ4n) is 1.56. The van der Waals surface area contributed by atoms with Gasteiger partial charge in [-0.15, -0.1) is 11.6 Å². The van der Waals surface area contributed by atoms with Crippen molar-refractivity contribution >= 4 is 11.6 Å². The van der Waals surface area contributed by atoms with E-state index in [9.17, 15) is 0 Å². The molecule has 1 rings (SSSR count). The zero-order chi connectivity index (χ0) is 7.40. The van der Waals surface area contributed by atoms with Crippen LogP contribution < -0.4 is 0 Å². The van der Waals surface area contributed by atoms with E-state index in [4.69, 9.17) is 16.9 Å². The van der Waals surface area contributed by atoms with Crippen molar-refractivity contribution in [2.75, 3.05) is 5.88 Å². The lowest BCUT2D eigenvalue weighted by molar-refractivity contribution is 0.317. The van der Waals surface area contributed by atoms with Gasteiger partial charge in [-0.2, -0.15) is 5.26 Å². The first-order chi connectivity index (χ1) is 4.88. The molecule has 0 heterocycles. The lowest BCUT2D eigenvalue weighted by Gasteiger charge is -2.24. The number of rotatable bonds is 1. The Balaban J connectivity index is 2.44. The molecule has 2 heteroatoms. The van der Waals surface area contributed by atoms with Crippen LogP contribution in [0.25, 0.3) is 0 Å². The van der Waals surface area contributed by atoms with Crippen LogP contribution in [0, 0.1) is 23.2 Å². The molecule has 0 amide bonds. The van der Waals surface area contributed by atoms with Crippen LogP contribution in [-0.2, 0) is 0 Å². The van der Waals surface area contributed by atoms with E-state index in [1.54, 1.807) is 0 Å². The predicted molar refractivity (Wildman–Crippen MR) is 41.8 cm³/mol. The van der Waals surface area contributed by atoms with Crippen LogP contribution >= 0.6 is 11.6 Å². The normalized spacial score (nSPS) is 33.2. The minimum atomic E-state index is 0.242. The van der Waals surface area contributed by atoms with Crippen LogP contribution in [0.4, 0.5) is 0 Å². The molecule has 0 saturated heterocycles. The lowest BCUT2D eigenvalue weighted by atomic mass is 9.81. The molecule has 0 aromatic rings. The van der Waals surface area contributed by atoms with Crippen LogP contribution in [0.2, 0.25) is 0 Å². The predicted octanol–water partition coefficient (Wildman–Crippen LogP) is 2.56. The molecule has 1 aliphatic carbocycles. The van der Waals surface area contributed by atoms with Gasteiger partial charge >= 0.3 is 0 Å². The first kappa shape index (κ1) is 7.88. The molecule has 1 fully saturated rings. The van der Waals surface area contributed by atoms with E-state index in [1.807, 2.05) is 0 Å². The van der Waals surface area contributed by atoms with Crippen LogP contribution in [0.5, 0.6) is 0 Å². The minimum Gasteiger partial charge on any atom is -0.198 e. The van der Waals surface area contributed by atoms with E-state index in [-0.39, 0.29) is 5.92 Å². The minimum absolute atomic E-state index is 0.242. The Morgan fingerprint density at radius 1 is 1.40 bits per heavy atom. The van der Waals surface area contributed by atoms with Gasteiger partial charge in [0.1, 0.15) is 0 Å². The average Bonchev–Trinajstić information content (AvgIpc) is 2.04. The topological polar surface area (TPSA) is 23.8 Å². The summed E-state index contributed by atoms with van der Waals surface area (Å²) in [6.45, 7) is 0. The fourth-order valence-corrected chi connectivity index (χ4v) is 1.93. The van der Waals surface area contributed by atoms with Crippen molar-refractivity contribution in [2.24, 2.45) is 11.8 Å². The van der Waals surface area contributed by atoms with Gasteiger partial charge in [-0.25, -0.2) is 0 Å². The Bertz CT molecular complexity index is 139. The molecule has 0 N–H and O–H groups in total. The van der Waals surface area contributed by atoms with Crippen molar-refractivity contribution in [1.29, 1.82) is 5.26 Å². The molecule has 0 aliphatic heterocycles. The maximum absolute atomic E-state index is 8.68. The van der Waals surface area contributed by atoms with E-state index < -0.39 is 0 Å². The van der Waals surface area contributed by atoms with Crippen LogP contribution in [0.15, 0.2) is 0 Å². The standard InChI is InChI=1S/C8H12ClN/c9-5-7-3-1-2-4-8(7)6-10/h7-8H,1-5H2/t7-,8-/m0/s1. The summed E-state index contributed by atoms with van der Waals surface area (Å²) < 4.78 is 0. The summed E-state index contributed by atoms with van der Waals surface area (Å²) in [5, 5.41) is 8.68. The molecule has 0 aromatic carbocycles. The van der Waals surface area contributed by atoms with Crippen LogP contribution in [-0.4, -0.2) is 5.88 Å². The Labute approximate surface area is 67.0 Å². The van der Waals surface area contributed by atoms with Crippen LogP contribution in [0.3, 0.4) is 0 Å². The Morgan fingerprint density at radius 2 is 2.10 bits per heavy atom. The fraction of sp³-hybridized carbons (Fsp3) is 0.875. The number of alkyl halides is 1. The van der Waals surface area contributed by atoms with Gasteiger partial charge in [0, 0.05) is 5.88 Å². The molecule has 1 saturated carbocycles. The van der Waals surface area contributed by atoms with Crippen molar-refractivity contribution in [3.8, 4) is 6.07 Å². The van der Waals surface area contributed by atoms with E-state index >= 15 is 0 Å². The molecule has 0 radical (unpaired) electrons. The zero-order valence-electron chi connectivity index (χ0n) is 6.02. The number of nitrogens with zero attached hydrogens (tertiary/aromatic N) is 1. The maximum Gasteiger partial charge on any atom is 0.0659 e. The summed E-state index contributed by atoms with van der Waals surface area (Å²) in [4.78, 5) is 0. The summed E-state index contributed by atoms with van der Waals surface area (Å²) in [7, 11) is 0. The second-order valence-corrected chi connectivity index (χ2v) is 3.24. The number of halogens is 1. The van der Waals surface area contributed by atoms with Gasteiger partial charge in [0.2, 0.25) is 0 Å². The van der Waals surface area contributed by atoms with Gasteiger partial charge in [-0.1, -0.05) is 12.8 Å². The highest BCUT2D eigenvalue weighted by Gasteiger charge is 2.23. The first-order valence-electron chi connectivity index (χ1n) is 3.84. The molecule has 1 nitrogen and oxygen atoms in total. The summed E-state index contributed by atoms with van der Waals surface area (Å²) in [6.07, 6.45) is 4.69. The quantitative estimate of drug-likeness (QED) is 0.537. The third-order valence-electron chi connectivity index (χ3n) is 2.27. The largest absolute Gasteiger partial charge is 0.198 e. The molecule has 0 bridgehead atoms.